The van der Waals surface area contributed by atoms with Crippen LogP contribution < -0.4 is 10.6 Å². The number of fused-ring (bicyclic) bond motifs is 1. The Bertz CT molecular complexity index is 747. The highest BCUT2D eigenvalue weighted by Crippen LogP contribution is 2.21. The topological polar surface area (TPSA) is 83.4 Å². The van der Waals surface area contributed by atoms with E-state index >= 15 is 0 Å². The Labute approximate surface area is 141 Å². The third kappa shape index (κ3) is 4.58. The lowest BCUT2D eigenvalue weighted by atomic mass is 9.87. The van der Waals surface area contributed by atoms with Gasteiger partial charge in [0.1, 0.15) is 0 Å². The smallest absolute Gasteiger partial charge is 0.313 e. The summed E-state index contributed by atoms with van der Waals surface area (Å²) in [6.45, 7) is 5.89. The van der Waals surface area contributed by atoms with Crippen molar-refractivity contribution in [3.05, 3.63) is 30.5 Å². The van der Waals surface area contributed by atoms with Crippen molar-refractivity contribution in [3.63, 3.8) is 0 Å². The summed E-state index contributed by atoms with van der Waals surface area (Å²) in [4.78, 5) is 24.0. The Morgan fingerprint density at radius 3 is 2.62 bits per heavy atom. The molecule has 1 aromatic carbocycles. The van der Waals surface area contributed by atoms with E-state index in [2.05, 4.69) is 10.6 Å². The molecule has 3 N–H and O–H groups in total. The number of amides is 2. The highest BCUT2D eigenvalue weighted by Gasteiger charge is 2.23. The standard InChI is InChI=1S/C18H25N3O3/c1-12(22)10-18(2,3)11-19-16(23)17(24)20-14-6-5-13-7-8-21(4)15(13)9-14/h5-9,12,22H,10-11H2,1-4H3,(H,19,23)(H,20,24). The van der Waals surface area contributed by atoms with E-state index in [0.717, 1.165) is 10.9 Å². The Morgan fingerprint density at radius 2 is 1.96 bits per heavy atom. The minimum absolute atomic E-state index is 0.286. The molecule has 1 atom stereocenters. The van der Waals surface area contributed by atoms with Gasteiger partial charge < -0.3 is 20.3 Å². The lowest BCUT2D eigenvalue weighted by Crippen LogP contribution is -2.41. The maximum absolute atomic E-state index is 12.0. The second-order valence-corrected chi connectivity index (χ2v) is 7.05. The van der Waals surface area contributed by atoms with Crippen LogP contribution in [0.15, 0.2) is 30.5 Å². The Balaban J connectivity index is 1.95. The summed E-state index contributed by atoms with van der Waals surface area (Å²) in [6.07, 6.45) is 2.02. The fourth-order valence-electron chi connectivity index (χ4n) is 2.80. The van der Waals surface area contributed by atoms with Gasteiger partial charge in [-0.25, -0.2) is 0 Å². The molecule has 2 amide bonds. The van der Waals surface area contributed by atoms with E-state index < -0.39 is 17.9 Å². The average molecular weight is 331 g/mol. The quantitative estimate of drug-likeness (QED) is 0.733. The van der Waals surface area contributed by atoms with Gasteiger partial charge in [-0.2, -0.15) is 0 Å². The molecule has 0 aliphatic heterocycles. The molecule has 1 aromatic heterocycles. The summed E-state index contributed by atoms with van der Waals surface area (Å²) in [5, 5.41) is 15.8. The van der Waals surface area contributed by atoms with E-state index in [0.29, 0.717) is 18.7 Å². The van der Waals surface area contributed by atoms with E-state index in [-0.39, 0.29) is 5.41 Å². The van der Waals surface area contributed by atoms with Gasteiger partial charge in [0.05, 0.1) is 6.10 Å². The number of hydrogen-bond acceptors (Lipinski definition) is 3. The van der Waals surface area contributed by atoms with Gasteiger partial charge in [0.25, 0.3) is 0 Å². The number of nitrogens with one attached hydrogen (secondary N) is 2. The number of nitrogens with zero attached hydrogens (tertiary/aromatic N) is 1. The normalized spacial score (nSPS) is 12.9. The van der Waals surface area contributed by atoms with E-state index in [9.17, 15) is 14.7 Å². The molecule has 0 aliphatic rings. The van der Waals surface area contributed by atoms with Crippen LogP contribution in [0.2, 0.25) is 0 Å². The van der Waals surface area contributed by atoms with Gasteiger partial charge in [-0.15, -0.1) is 0 Å². The van der Waals surface area contributed by atoms with Crippen LogP contribution in [0.5, 0.6) is 0 Å². The molecule has 6 nitrogen and oxygen atoms in total. The first-order valence-corrected chi connectivity index (χ1v) is 8.00. The van der Waals surface area contributed by atoms with Crippen LogP contribution in [-0.4, -0.2) is 34.1 Å². The van der Waals surface area contributed by atoms with Crippen molar-refractivity contribution in [1.29, 1.82) is 0 Å². The van der Waals surface area contributed by atoms with Crippen molar-refractivity contribution in [2.24, 2.45) is 12.5 Å². The molecule has 0 saturated heterocycles. The molecule has 130 valence electrons. The van der Waals surface area contributed by atoms with Crippen molar-refractivity contribution in [2.45, 2.75) is 33.3 Å². The van der Waals surface area contributed by atoms with Gasteiger partial charge in [-0.1, -0.05) is 19.9 Å². The number of anilines is 1. The molecule has 24 heavy (non-hydrogen) atoms. The maximum atomic E-state index is 12.0. The number of rotatable bonds is 5. The number of aliphatic hydroxyl groups is 1. The fraction of sp³-hybridized carbons (Fsp3) is 0.444. The first kappa shape index (κ1) is 18.0. The summed E-state index contributed by atoms with van der Waals surface area (Å²) in [6, 6.07) is 7.48. The zero-order chi connectivity index (χ0) is 17.9. The van der Waals surface area contributed by atoms with Crippen LogP contribution in [0.3, 0.4) is 0 Å². The van der Waals surface area contributed by atoms with Crippen LogP contribution >= 0.6 is 0 Å². The van der Waals surface area contributed by atoms with Crippen molar-refractivity contribution >= 4 is 28.4 Å². The van der Waals surface area contributed by atoms with Crippen LogP contribution in [0.25, 0.3) is 10.9 Å². The van der Waals surface area contributed by atoms with E-state index in [1.165, 1.54) is 0 Å². The molecule has 2 rings (SSSR count). The Kier molecular flexibility index (Phi) is 5.29. The lowest BCUT2D eigenvalue weighted by molar-refractivity contribution is -0.136. The summed E-state index contributed by atoms with van der Waals surface area (Å²) < 4.78 is 1.95. The van der Waals surface area contributed by atoms with Gasteiger partial charge in [0.2, 0.25) is 0 Å². The third-order valence-electron chi connectivity index (χ3n) is 3.93. The molecule has 0 saturated carbocycles. The van der Waals surface area contributed by atoms with Gasteiger partial charge >= 0.3 is 11.8 Å². The molecule has 0 bridgehead atoms. The van der Waals surface area contributed by atoms with Crippen molar-refractivity contribution < 1.29 is 14.7 Å². The fourth-order valence-corrected chi connectivity index (χ4v) is 2.80. The minimum Gasteiger partial charge on any atom is -0.393 e. The van der Waals surface area contributed by atoms with E-state index in [1.54, 1.807) is 13.0 Å². The summed E-state index contributed by atoms with van der Waals surface area (Å²) in [7, 11) is 1.92. The molecule has 0 fully saturated rings. The van der Waals surface area contributed by atoms with E-state index in [1.807, 2.05) is 49.9 Å². The molecule has 1 heterocycles. The second kappa shape index (κ2) is 7.05. The van der Waals surface area contributed by atoms with Crippen LogP contribution in [0.1, 0.15) is 27.2 Å². The van der Waals surface area contributed by atoms with Crippen LogP contribution in [-0.2, 0) is 16.6 Å². The van der Waals surface area contributed by atoms with Crippen LogP contribution in [0, 0.1) is 5.41 Å². The predicted molar refractivity (Wildman–Crippen MR) is 94.6 cm³/mol. The number of hydrogen-bond donors (Lipinski definition) is 3. The maximum Gasteiger partial charge on any atom is 0.313 e. The molecule has 2 aromatic rings. The molecule has 6 heteroatoms. The molecule has 1 unspecified atom stereocenters. The second-order valence-electron chi connectivity index (χ2n) is 7.05. The van der Waals surface area contributed by atoms with Gasteiger partial charge in [0, 0.05) is 31.0 Å². The molecule has 0 radical (unpaired) electrons. The third-order valence-corrected chi connectivity index (χ3v) is 3.93. The first-order valence-electron chi connectivity index (χ1n) is 8.00. The van der Waals surface area contributed by atoms with Crippen molar-refractivity contribution in [2.75, 3.05) is 11.9 Å². The summed E-state index contributed by atoms with van der Waals surface area (Å²) in [5.41, 5.74) is 1.27. The zero-order valence-corrected chi connectivity index (χ0v) is 14.6. The first-order chi connectivity index (χ1) is 11.2. The number of benzene rings is 1. The molecular formula is C18H25N3O3. The zero-order valence-electron chi connectivity index (χ0n) is 14.6. The largest absolute Gasteiger partial charge is 0.393 e. The van der Waals surface area contributed by atoms with Gasteiger partial charge in [-0.05, 0) is 42.3 Å². The lowest BCUT2D eigenvalue weighted by Gasteiger charge is -2.26. The van der Waals surface area contributed by atoms with Gasteiger partial charge in [0.15, 0.2) is 0 Å². The molecule has 0 spiro atoms. The number of aliphatic hydroxyl groups excluding tert-OH is 1. The highest BCUT2D eigenvalue weighted by atomic mass is 16.3. The number of carbonyl (C=O) groups is 2. The SMILES string of the molecule is CC(O)CC(C)(C)CNC(=O)C(=O)Nc1ccc2ccn(C)c2c1. The molecule has 0 aliphatic carbocycles. The summed E-state index contributed by atoms with van der Waals surface area (Å²) >= 11 is 0. The van der Waals surface area contributed by atoms with Crippen LogP contribution in [0.4, 0.5) is 5.69 Å². The Morgan fingerprint density at radius 1 is 1.25 bits per heavy atom. The minimum atomic E-state index is -0.698. The monoisotopic (exact) mass is 331 g/mol. The number of aryl methyl sites for hydroxylation is 1. The predicted octanol–water partition coefficient (Wildman–Crippen LogP) is 2.03. The summed E-state index contributed by atoms with van der Waals surface area (Å²) in [5.74, 6) is -1.38. The highest BCUT2D eigenvalue weighted by molar-refractivity contribution is 6.39. The van der Waals surface area contributed by atoms with Crippen molar-refractivity contribution in [3.8, 4) is 0 Å². The molecular weight excluding hydrogens is 306 g/mol. The van der Waals surface area contributed by atoms with Crippen molar-refractivity contribution in [1.82, 2.24) is 9.88 Å². The van der Waals surface area contributed by atoms with E-state index in [4.69, 9.17) is 0 Å². The Hall–Kier alpha value is -2.34. The number of aromatic nitrogens is 1. The number of carbonyl (C=O) groups excluding carboxylic acids is 2. The average Bonchev–Trinajstić information content (AvgIpc) is 2.85. The van der Waals surface area contributed by atoms with Gasteiger partial charge in [-0.3, -0.25) is 9.59 Å².